The quantitative estimate of drug-likeness (QED) is 0.826. The van der Waals surface area contributed by atoms with Crippen LogP contribution in [0.25, 0.3) is 0 Å². The molecule has 2 rings (SSSR count). The molecule has 1 aromatic carbocycles. The molecule has 0 aliphatic carbocycles. The number of nitrogens with zero attached hydrogens (tertiary/aromatic N) is 1. The third-order valence-electron chi connectivity index (χ3n) is 1.50. The molecule has 0 radical (unpaired) electrons. The van der Waals surface area contributed by atoms with Crippen molar-refractivity contribution in [1.29, 1.82) is 0 Å². The van der Waals surface area contributed by atoms with Crippen molar-refractivity contribution in [1.82, 2.24) is 4.98 Å². The van der Waals surface area contributed by atoms with Crippen molar-refractivity contribution in [2.24, 2.45) is 0 Å². The van der Waals surface area contributed by atoms with E-state index in [0.29, 0.717) is 0 Å². The van der Waals surface area contributed by atoms with Crippen molar-refractivity contribution in [3.8, 4) is 0 Å². The molecule has 14 heavy (non-hydrogen) atoms. The molecule has 0 fully saturated rings. The average Bonchev–Trinajstić information content (AvgIpc) is 2.70. The Bertz CT molecular complexity index is 386. The topological polar surface area (TPSA) is 24.9 Å². The van der Waals surface area contributed by atoms with E-state index in [1.54, 1.807) is 17.5 Å². The summed E-state index contributed by atoms with van der Waals surface area (Å²) in [6.45, 7) is 0. The Labute approximate surface area is 95.5 Å². The summed E-state index contributed by atoms with van der Waals surface area (Å²) in [5.41, 5.74) is 0. The van der Waals surface area contributed by atoms with Gasteiger partial charge in [-0.2, -0.15) is 0 Å². The number of hydrogen-bond donors (Lipinski definition) is 1. The highest BCUT2D eigenvalue weighted by Crippen LogP contribution is 2.23. The fourth-order valence-electron chi connectivity index (χ4n) is 0.879. The Kier molecular flexibility index (Phi) is 3.29. The van der Waals surface area contributed by atoms with Gasteiger partial charge in [0.15, 0.2) is 5.13 Å². The highest BCUT2D eigenvalue weighted by molar-refractivity contribution is 8.00. The van der Waals surface area contributed by atoms with E-state index < -0.39 is 0 Å². The lowest BCUT2D eigenvalue weighted by Crippen LogP contribution is -1.84. The van der Waals surface area contributed by atoms with Crippen LogP contribution in [0.1, 0.15) is 0 Å². The SMILES string of the molecule is Clc1ccc(SNc2nccs2)cc1. The molecule has 0 bridgehead atoms. The number of nitrogens with one attached hydrogen (secondary N) is 1. The normalized spacial score (nSPS) is 10.1. The van der Waals surface area contributed by atoms with Crippen LogP contribution in [0.4, 0.5) is 5.13 Å². The van der Waals surface area contributed by atoms with Gasteiger partial charge in [0.2, 0.25) is 0 Å². The fraction of sp³-hybridized carbons (Fsp3) is 0. The monoisotopic (exact) mass is 242 g/mol. The average molecular weight is 243 g/mol. The summed E-state index contributed by atoms with van der Waals surface area (Å²) in [6.07, 6.45) is 1.77. The number of benzene rings is 1. The third kappa shape index (κ3) is 2.64. The van der Waals surface area contributed by atoms with Crippen LogP contribution < -0.4 is 4.72 Å². The van der Waals surface area contributed by atoms with Crippen LogP contribution in [0, 0.1) is 0 Å². The minimum Gasteiger partial charge on any atom is -0.302 e. The first-order chi connectivity index (χ1) is 6.84. The van der Waals surface area contributed by atoms with Crippen LogP contribution in [0.5, 0.6) is 0 Å². The Morgan fingerprint density at radius 2 is 2.07 bits per heavy atom. The summed E-state index contributed by atoms with van der Waals surface area (Å²) < 4.78 is 3.14. The van der Waals surface area contributed by atoms with Gasteiger partial charge in [-0.05, 0) is 36.2 Å². The second kappa shape index (κ2) is 4.68. The zero-order valence-corrected chi connectivity index (χ0v) is 9.49. The van der Waals surface area contributed by atoms with Gasteiger partial charge in [-0.3, -0.25) is 0 Å². The van der Waals surface area contributed by atoms with E-state index in [1.807, 2.05) is 29.6 Å². The van der Waals surface area contributed by atoms with Gasteiger partial charge in [0.25, 0.3) is 0 Å². The molecule has 1 heterocycles. The maximum Gasteiger partial charge on any atom is 0.192 e. The third-order valence-corrected chi connectivity index (χ3v) is 3.38. The Morgan fingerprint density at radius 3 is 2.71 bits per heavy atom. The summed E-state index contributed by atoms with van der Waals surface area (Å²) >= 11 is 8.87. The smallest absolute Gasteiger partial charge is 0.192 e. The molecule has 0 amide bonds. The van der Waals surface area contributed by atoms with Crippen molar-refractivity contribution in [3.05, 3.63) is 40.9 Å². The lowest BCUT2D eigenvalue weighted by atomic mass is 10.4. The number of aromatic nitrogens is 1. The molecule has 0 spiro atoms. The van der Waals surface area contributed by atoms with E-state index in [4.69, 9.17) is 11.6 Å². The first kappa shape index (κ1) is 9.83. The molecule has 0 unspecified atom stereocenters. The van der Waals surface area contributed by atoms with Crippen LogP contribution in [-0.2, 0) is 0 Å². The van der Waals surface area contributed by atoms with Gasteiger partial charge in [0, 0.05) is 21.5 Å². The first-order valence-corrected chi connectivity index (χ1v) is 6.00. The van der Waals surface area contributed by atoms with E-state index in [1.165, 1.54) is 11.9 Å². The van der Waals surface area contributed by atoms with Crippen molar-refractivity contribution in [2.75, 3.05) is 4.72 Å². The van der Waals surface area contributed by atoms with E-state index in [2.05, 4.69) is 9.71 Å². The number of hydrogen-bond acceptors (Lipinski definition) is 4. The van der Waals surface area contributed by atoms with Gasteiger partial charge < -0.3 is 4.72 Å². The number of rotatable bonds is 3. The van der Waals surface area contributed by atoms with Crippen LogP contribution in [-0.4, -0.2) is 4.98 Å². The first-order valence-electron chi connectivity index (χ1n) is 3.92. The van der Waals surface area contributed by atoms with E-state index in [-0.39, 0.29) is 0 Å². The minimum atomic E-state index is 0.753. The lowest BCUT2D eigenvalue weighted by Gasteiger charge is -2.00. The highest BCUT2D eigenvalue weighted by Gasteiger charge is 1.96. The van der Waals surface area contributed by atoms with Gasteiger partial charge in [-0.1, -0.05) is 11.6 Å². The molecule has 5 heteroatoms. The lowest BCUT2D eigenvalue weighted by molar-refractivity contribution is 1.42. The molecule has 72 valence electrons. The van der Waals surface area contributed by atoms with Gasteiger partial charge in [0.1, 0.15) is 0 Å². The minimum absolute atomic E-state index is 0.753. The molecule has 1 aromatic heterocycles. The maximum absolute atomic E-state index is 5.77. The fourth-order valence-corrected chi connectivity index (χ4v) is 2.22. The Morgan fingerprint density at radius 1 is 1.29 bits per heavy atom. The van der Waals surface area contributed by atoms with Crippen LogP contribution in [0.15, 0.2) is 40.7 Å². The molecule has 0 aliphatic rings. The van der Waals surface area contributed by atoms with Gasteiger partial charge in [-0.25, -0.2) is 4.98 Å². The molecule has 2 aromatic rings. The molecular weight excluding hydrogens is 236 g/mol. The number of anilines is 1. The van der Waals surface area contributed by atoms with E-state index in [9.17, 15) is 0 Å². The summed E-state index contributed by atoms with van der Waals surface area (Å²) in [4.78, 5) is 5.22. The van der Waals surface area contributed by atoms with Crippen molar-refractivity contribution in [3.63, 3.8) is 0 Å². The van der Waals surface area contributed by atoms with Crippen LogP contribution in [0.2, 0.25) is 5.02 Å². The number of halogens is 1. The van der Waals surface area contributed by atoms with Crippen LogP contribution in [0.3, 0.4) is 0 Å². The molecule has 0 saturated heterocycles. The highest BCUT2D eigenvalue weighted by atomic mass is 35.5. The molecular formula is C9H7ClN2S2. The summed E-state index contributed by atoms with van der Waals surface area (Å²) in [6, 6.07) is 7.67. The Hall–Kier alpha value is -0.710. The summed E-state index contributed by atoms with van der Waals surface area (Å²) in [5.74, 6) is 0. The predicted molar refractivity (Wildman–Crippen MR) is 63.0 cm³/mol. The van der Waals surface area contributed by atoms with Crippen molar-refractivity contribution < 1.29 is 0 Å². The standard InChI is InChI=1S/C9H7ClN2S2/c10-7-1-3-8(4-2-7)14-12-9-11-5-6-13-9/h1-6H,(H,11,12). The zero-order valence-electron chi connectivity index (χ0n) is 7.11. The van der Waals surface area contributed by atoms with E-state index >= 15 is 0 Å². The van der Waals surface area contributed by atoms with Crippen molar-refractivity contribution in [2.45, 2.75) is 4.90 Å². The van der Waals surface area contributed by atoms with Gasteiger partial charge >= 0.3 is 0 Å². The molecule has 0 saturated carbocycles. The Balaban J connectivity index is 1.95. The maximum atomic E-state index is 5.77. The zero-order chi connectivity index (χ0) is 9.80. The molecule has 0 aliphatic heterocycles. The summed E-state index contributed by atoms with van der Waals surface area (Å²) in [5, 5.41) is 3.60. The number of thiazole rings is 1. The van der Waals surface area contributed by atoms with E-state index in [0.717, 1.165) is 15.0 Å². The molecule has 0 atom stereocenters. The van der Waals surface area contributed by atoms with Gasteiger partial charge in [-0.15, -0.1) is 11.3 Å². The largest absolute Gasteiger partial charge is 0.302 e. The van der Waals surface area contributed by atoms with Gasteiger partial charge in [0.05, 0.1) is 0 Å². The van der Waals surface area contributed by atoms with Crippen LogP contribution >= 0.6 is 34.9 Å². The predicted octanol–water partition coefficient (Wildman–Crippen LogP) is 3.92. The summed E-state index contributed by atoms with van der Waals surface area (Å²) in [7, 11) is 0. The molecule has 2 nitrogen and oxygen atoms in total. The van der Waals surface area contributed by atoms with Crippen molar-refractivity contribution >= 4 is 40.0 Å². The second-order valence-electron chi connectivity index (χ2n) is 2.50. The molecule has 1 N–H and O–H groups in total. The second-order valence-corrected chi connectivity index (χ2v) is 4.71.